The monoisotopic (exact) mass is 418 g/mol. The van der Waals surface area contributed by atoms with E-state index in [1.807, 2.05) is 0 Å². The molecule has 2 aromatic rings. The summed E-state index contributed by atoms with van der Waals surface area (Å²) in [6, 6.07) is 16.0. The van der Waals surface area contributed by atoms with Gasteiger partial charge in [0.15, 0.2) is 0 Å². The summed E-state index contributed by atoms with van der Waals surface area (Å²) in [7, 11) is 0. The molecule has 0 spiro atoms. The van der Waals surface area contributed by atoms with Crippen LogP contribution in [0.1, 0.15) is 52.2 Å². The molecule has 2 aliphatic rings. The molecule has 132 valence electrons. The molecule has 0 N–H and O–H groups in total. The van der Waals surface area contributed by atoms with Crippen molar-refractivity contribution in [3.63, 3.8) is 0 Å². The zero-order valence-electron chi connectivity index (χ0n) is 16.6. The number of fused-ring (bicyclic) bond motifs is 3. The second-order valence-corrected chi connectivity index (χ2v) is 16.0. The van der Waals surface area contributed by atoms with Crippen LogP contribution in [0.4, 0.5) is 0 Å². The fraction of sp³-hybridized carbons (Fsp3) is 0.320. The quantitative estimate of drug-likeness (QED) is 0.480. The molecule has 0 unspecified atom stereocenters. The van der Waals surface area contributed by atoms with Crippen LogP contribution in [0.25, 0.3) is 11.1 Å². The molecule has 2 aromatic carbocycles. The molecular formula is C25H28Zr. The van der Waals surface area contributed by atoms with Crippen LogP contribution >= 0.6 is 0 Å². The van der Waals surface area contributed by atoms with E-state index >= 15 is 0 Å². The third-order valence-electron chi connectivity index (χ3n) is 5.68. The minimum absolute atomic E-state index is 0.256. The first-order chi connectivity index (χ1) is 12.4. The van der Waals surface area contributed by atoms with Gasteiger partial charge in [-0.3, -0.25) is 0 Å². The van der Waals surface area contributed by atoms with E-state index in [1.165, 1.54) is 28.7 Å². The van der Waals surface area contributed by atoms with Gasteiger partial charge in [-0.05, 0) is 0 Å². The van der Waals surface area contributed by atoms with Gasteiger partial charge in [0.1, 0.15) is 0 Å². The molecule has 2 aliphatic carbocycles. The molecule has 4 rings (SSSR count). The summed E-state index contributed by atoms with van der Waals surface area (Å²) >= 11 is -1.99. The van der Waals surface area contributed by atoms with Crippen LogP contribution in [0, 0.1) is 5.41 Å². The molecule has 0 aliphatic heterocycles. The Morgan fingerprint density at radius 1 is 0.923 bits per heavy atom. The Balaban J connectivity index is 1.82. The molecule has 0 radical (unpaired) electrons. The van der Waals surface area contributed by atoms with Crippen LogP contribution in [0.3, 0.4) is 0 Å². The Morgan fingerprint density at radius 3 is 2.35 bits per heavy atom. The summed E-state index contributed by atoms with van der Waals surface area (Å²) in [5.41, 5.74) is 7.85. The molecule has 0 aromatic heterocycles. The number of hydrogen-bond donors (Lipinski definition) is 0. The van der Waals surface area contributed by atoms with E-state index < -0.39 is 21.3 Å². The van der Waals surface area contributed by atoms with Crippen molar-refractivity contribution in [2.75, 3.05) is 0 Å². The number of allylic oxidation sites excluding steroid dienone is 4. The zero-order chi connectivity index (χ0) is 18.5. The summed E-state index contributed by atoms with van der Waals surface area (Å²) in [6.45, 7) is 11.8. The first-order valence-corrected chi connectivity index (χ1v) is 13.3. The molecule has 26 heavy (non-hydrogen) atoms. The standard InChI is InChI=1S/C13H9.C9H13.C3H6.Zr/c1-3-7-12-10(5-1)9-11-6-2-4-8-13(11)12;1-9(2,3)8-6-4-5-7-8;1-3-2;/h1-5,7-8H,9H2;6-7H,4H2,1-3H3;1-2H3;. The molecule has 0 fully saturated rings. The van der Waals surface area contributed by atoms with Crippen LogP contribution in [-0.2, 0) is 27.7 Å². The Labute approximate surface area is 165 Å². The fourth-order valence-electron chi connectivity index (χ4n) is 4.38. The van der Waals surface area contributed by atoms with Crippen LogP contribution < -0.4 is 3.27 Å². The molecular weight excluding hydrogens is 391 g/mol. The summed E-state index contributed by atoms with van der Waals surface area (Å²) in [5, 5.41) is 0. The number of benzene rings is 2. The average Bonchev–Trinajstić information content (AvgIpc) is 3.20. The number of rotatable bonds is 2. The molecule has 0 bridgehead atoms. The van der Waals surface area contributed by atoms with Crippen LogP contribution in [0.2, 0.25) is 0 Å². The van der Waals surface area contributed by atoms with Crippen LogP contribution in [-0.4, -0.2) is 3.21 Å². The van der Waals surface area contributed by atoms with E-state index in [0.717, 1.165) is 6.42 Å². The van der Waals surface area contributed by atoms with E-state index in [2.05, 4.69) is 89.2 Å². The van der Waals surface area contributed by atoms with Crippen molar-refractivity contribution < 1.29 is 21.3 Å². The van der Waals surface area contributed by atoms with Crippen LogP contribution in [0.15, 0.2) is 63.5 Å². The molecule has 0 nitrogen and oxygen atoms in total. The predicted octanol–water partition coefficient (Wildman–Crippen LogP) is 5.97. The third-order valence-corrected chi connectivity index (χ3v) is 13.0. The van der Waals surface area contributed by atoms with Gasteiger partial charge in [0.05, 0.1) is 0 Å². The van der Waals surface area contributed by atoms with Crippen molar-refractivity contribution in [2.24, 2.45) is 5.41 Å². The van der Waals surface area contributed by atoms with Gasteiger partial charge in [-0.2, -0.15) is 0 Å². The second-order valence-electron chi connectivity index (χ2n) is 8.82. The SMILES string of the molecule is C[C](C)=[Zr]([C]1=CC(C(C)(C)C)=CC1)[c]1cccc2c1Cc1ccccc1-2. The Hall–Kier alpha value is -1.33. The number of hydrogen-bond acceptors (Lipinski definition) is 0. The Morgan fingerprint density at radius 2 is 1.65 bits per heavy atom. The molecule has 0 saturated heterocycles. The molecule has 1 heteroatoms. The molecule has 0 saturated carbocycles. The van der Waals surface area contributed by atoms with Gasteiger partial charge in [0.25, 0.3) is 0 Å². The first-order valence-electron chi connectivity index (χ1n) is 9.66. The van der Waals surface area contributed by atoms with Gasteiger partial charge >= 0.3 is 166 Å². The van der Waals surface area contributed by atoms with Gasteiger partial charge < -0.3 is 0 Å². The maximum absolute atomic E-state index is 2.56. The Kier molecular flexibility index (Phi) is 4.64. The average molecular weight is 420 g/mol. The predicted molar refractivity (Wildman–Crippen MR) is 111 cm³/mol. The van der Waals surface area contributed by atoms with Crippen molar-refractivity contribution in [2.45, 2.75) is 47.5 Å². The van der Waals surface area contributed by atoms with Crippen LogP contribution in [0.5, 0.6) is 0 Å². The van der Waals surface area contributed by atoms with E-state index in [0.29, 0.717) is 0 Å². The maximum atomic E-state index is 2.56. The fourth-order valence-corrected chi connectivity index (χ4v) is 11.6. The summed E-state index contributed by atoms with van der Waals surface area (Å²) in [6.07, 6.45) is 7.33. The second kappa shape index (κ2) is 6.68. The zero-order valence-corrected chi connectivity index (χ0v) is 19.1. The summed E-state index contributed by atoms with van der Waals surface area (Å²) < 4.78 is 5.14. The van der Waals surface area contributed by atoms with Crippen molar-refractivity contribution in [3.8, 4) is 11.1 Å². The van der Waals surface area contributed by atoms with E-state index in [9.17, 15) is 0 Å². The van der Waals surface area contributed by atoms with Gasteiger partial charge in [-0.25, -0.2) is 0 Å². The van der Waals surface area contributed by atoms with Gasteiger partial charge in [-0.1, -0.05) is 0 Å². The molecule has 0 amide bonds. The summed E-state index contributed by atoms with van der Waals surface area (Å²) in [4.78, 5) is 0. The van der Waals surface area contributed by atoms with Crippen molar-refractivity contribution >= 4 is 6.48 Å². The first kappa shape index (κ1) is 18.1. The van der Waals surface area contributed by atoms with Crippen molar-refractivity contribution in [3.05, 3.63) is 74.6 Å². The summed E-state index contributed by atoms with van der Waals surface area (Å²) in [5.74, 6) is 0. The normalized spacial score (nSPS) is 15.3. The van der Waals surface area contributed by atoms with Crippen molar-refractivity contribution in [1.29, 1.82) is 0 Å². The Bertz CT molecular complexity index is 973. The van der Waals surface area contributed by atoms with Crippen molar-refractivity contribution in [1.82, 2.24) is 0 Å². The van der Waals surface area contributed by atoms with E-state index in [-0.39, 0.29) is 5.41 Å². The topological polar surface area (TPSA) is 0 Å². The minimum atomic E-state index is -1.99. The van der Waals surface area contributed by atoms with Gasteiger partial charge in [-0.15, -0.1) is 0 Å². The molecule has 0 atom stereocenters. The van der Waals surface area contributed by atoms with E-state index in [1.54, 1.807) is 15.3 Å². The third kappa shape index (κ3) is 3.09. The molecule has 0 heterocycles. The van der Waals surface area contributed by atoms with Gasteiger partial charge in [0, 0.05) is 0 Å². The van der Waals surface area contributed by atoms with Gasteiger partial charge in [0.2, 0.25) is 0 Å². The van der Waals surface area contributed by atoms with E-state index in [4.69, 9.17) is 0 Å².